The molecule has 328 valence electrons. The Labute approximate surface area is 358 Å². The van der Waals surface area contributed by atoms with Crippen LogP contribution < -0.4 is 10.4 Å². The number of ketones is 1. The largest absolute Gasteiger partial charge is 0.846 e. The first-order valence-corrected chi connectivity index (χ1v) is 20.5. The molecule has 15 heteroatoms. The van der Waals surface area contributed by atoms with Crippen LogP contribution in [0.2, 0.25) is 0 Å². The first-order valence-electron chi connectivity index (χ1n) is 20.5. The van der Waals surface area contributed by atoms with E-state index in [4.69, 9.17) is 23.7 Å². The number of hydrogen-bond acceptors (Lipinski definition) is 14. The summed E-state index contributed by atoms with van der Waals surface area (Å²) in [6.45, 7) is 7.73. The molecular formula is C47H50NO14-. The number of ether oxygens (including phenoxy) is 5. The fourth-order valence-corrected chi connectivity index (χ4v) is 10.2. The number of aliphatic hydroxyl groups is 2. The molecule has 3 aliphatic carbocycles. The second-order valence-corrected chi connectivity index (χ2v) is 17.3. The molecule has 1 aliphatic heterocycles. The number of Topliss-reactive ketones (excluding diaryl/α,β-unsaturated/α-hetero) is 1. The molecule has 3 aromatic rings. The average molecular weight is 853 g/mol. The number of carbonyl (C=O) groups excluding carboxylic acids is 6. The predicted molar refractivity (Wildman–Crippen MR) is 215 cm³/mol. The van der Waals surface area contributed by atoms with Crippen molar-refractivity contribution >= 4 is 35.6 Å². The highest BCUT2D eigenvalue weighted by molar-refractivity contribution is 5.96. The Hall–Kier alpha value is -5.74. The van der Waals surface area contributed by atoms with Gasteiger partial charge in [-0.15, -0.1) is 0 Å². The van der Waals surface area contributed by atoms with Crippen molar-refractivity contribution in [2.24, 2.45) is 16.7 Å². The third-order valence-corrected chi connectivity index (χ3v) is 13.4. The van der Waals surface area contributed by atoms with E-state index in [-0.39, 0.29) is 35.3 Å². The van der Waals surface area contributed by atoms with Gasteiger partial charge in [-0.05, 0) is 66.7 Å². The van der Waals surface area contributed by atoms with Gasteiger partial charge in [0.1, 0.15) is 18.3 Å². The van der Waals surface area contributed by atoms with Gasteiger partial charge in [-0.2, -0.15) is 0 Å². The SMILES string of the molecule is CC(=O)O[C@H]1C(=O)[C@@]2(C)[C@H]([C@H](OC(=O)c3ccccc3)[C@]3([O-])C[C@H](OC(=O)[C@H](O)[C@@H](NC(=O)c4ccccc4)c4ccccc4)C(C)=C1C3(C)C)[C@]1(OC(C)=O)CO[C@@H]1C[C@@H]2O. The summed E-state index contributed by atoms with van der Waals surface area (Å²) in [5, 5.41) is 43.2. The van der Waals surface area contributed by atoms with Gasteiger partial charge >= 0.3 is 23.9 Å². The molecular weight excluding hydrogens is 803 g/mol. The van der Waals surface area contributed by atoms with E-state index in [1.54, 1.807) is 78.9 Å². The Kier molecular flexibility index (Phi) is 11.8. The van der Waals surface area contributed by atoms with E-state index >= 15 is 9.90 Å². The average Bonchev–Trinajstić information content (AvgIpc) is 3.24. The number of esters is 4. The highest BCUT2D eigenvalue weighted by atomic mass is 16.6. The number of carbonyl (C=O) groups is 6. The van der Waals surface area contributed by atoms with Crippen LogP contribution in [0.1, 0.15) is 86.7 Å². The second kappa shape index (κ2) is 16.5. The molecule has 1 heterocycles. The lowest BCUT2D eigenvalue weighted by Gasteiger charge is -2.71. The van der Waals surface area contributed by atoms with E-state index in [1.807, 2.05) is 0 Å². The number of rotatable bonds is 10. The number of aliphatic hydroxyl groups excluding tert-OH is 2. The first-order chi connectivity index (χ1) is 29.3. The van der Waals surface area contributed by atoms with Crippen LogP contribution in [0.3, 0.4) is 0 Å². The van der Waals surface area contributed by atoms with Crippen molar-refractivity contribution in [2.75, 3.05) is 6.61 Å². The van der Waals surface area contributed by atoms with E-state index in [1.165, 1.54) is 39.8 Å². The van der Waals surface area contributed by atoms with Gasteiger partial charge in [-0.3, -0.25) is 19.2 Å². The Morgan fingerprint density at radius 2 is 1.42 bits per heavy atom. The number of benzene rings is 3. The van der Waals surface area contributed by atoms with Crippen LogP contribution in [0.15, 0.2) is 102 Å². The summed E-state index contributed by atoms with van der Waals surface area (Å²) < 4.78 is 30.1. The van der Waals surface area contributed by atoms with Gasteiger partial charge in [0.15, 0.2) is 23.6 Å². The highest BCUT2D eigenvalue weighted by Crippen LogP contribution is 2.63. The maximum atomic E-state index is 16.7. The van der Waals surface area contributed by atoms with Crippen molar-refractivity contribution in [3.05, 3.63) is 119 Å². The molecule has 1 saturated heterocycles. The van der Waals surface area contributed by atoms with Gasteiger partial charge in [0.05, 0.1) is 35.6 Å². The lowest BCUT2D eigenvalue weighted by molar-refractivity contribution is -0.535. The molecule has 3 fully saturated rings. The van der Waals surface area contributed by atoms with Crippen LogP contribution in [0.4, 0.5) is 0 Å². The molecule has 2 saturated carbocycles. The summed E-state index contributed by atoms with van der Waals surface area (Å²) in [5.41, 5.74) is -7.61. The van der Waals surface area contributed by atoms with E-state index in [0.717, 1.165) is 13.8 Å². The summed E-state index contributed by atoms with van der Waals surface area (Å²) in [6, 6.07) is 22.8. The van der Waals surface area contributed by atoms with E-state index in [2.05, 4.69) is 5.32 Å². The maximum Gasteiger partial charge on any atom is 0.338 e. The fourth-order valence-electron chi connectivity index (χ4n) is 10.2. The molecule has 7 rings (SSSR count). The van der Waals surface area contributed by atoms with Crippen LogP contribution in [0, 0.1) is 16.7 Å². The number of hydrogen-bond donors (Lipinski definition) is 3. The van der Waals surface area contributed by atoms with Crippen molar-refractivity contribution < 1.29 is 67.8 Å². The Morgan fingerprint density at radius 3 is 1.97 bits per heavy atom. The second-order valence-electron chi connectivity index (χ2n) is 17.3. The number of fused-ring (bicyclic) bond motifs is 5. The van der Waals surface area contributed by atoms with Gasteiger partial charge in [0.2, 0.25) is 0 Å². The van der Waals surface area contributed by atoms with Gasteiger partial charge in [0.25, 0.3) is 5.91 Å². The van der Waals surface area contributed by atoms with E-state index < -0.39 is 113 Å². The first kappa shape index (κ1) is 44.3. The molecule has 0 unspecified atom stereocenters. The minimum absolute atomic E-state index is 0.0412. The van der Waals surface area contributed by atoms with Gasteiger partial charge < -0.3 is 44.3 Å². The third-order valence-electron chi connectivity index (χ3n) is 13.4. The van der Waals surface area contributed by atoms with Gasteiger partial charge in [-0.1, -0.05) is 86.2 Å². The molecule has 2 bridgehead atoms. The van der Waals surface area contributed by atoms with Crippen molar-refractivity contribution in [3.8, 4) is 0 Å². The Balaban J connectivity index is 1.39. The molecule has 1 amide bonds. The van der Waals surface area contributed by atoms with Crippen LogP contribution in [0.25, 0.3) is 0 Å². The molecule has 0 spiro atoms. The third kappa shape index (κ3) is 7.29. The van der Waals surface area contributed by atoms with Crippen LogP contribution in [0.5, 0.6) is 0 Å². The van der Waals surface area contributed by atoms with Crippen molar-refractivity contribution in [1.82, 2.24) is 5.32 Å². The minimum Gasteiger partial charge on any atom is -0.846 e. The molecule has 0 aromatic heterocycles. The van der Waals surface area contributed by atoms with Crippen LogP contribution in [-0.4, -0.2) is 100 Å². The van der Waals surface area contributed by atoms with E-state index in [9.17, 15) is 34.2 Å². The summed E-state index contributed by atoms with van der Waals surface area (Å²) in [7, 11) is 0. The predicted octanol–water partition coefficient (Wildman–Crippen LogP) is 3.10. The standard InChI is InChI=1S/C47H50NO14/c1-25-31(60-43(56)36(52)35(28-16-10-7-11-17-28)48-41(54)29-18-12-8-13-19-29)23-47(57)40(61-42(55)30-20-14-9-15-21-30)38-45(6,32(51)22-33-46(38,24-58-33)62-27(3)50)39(53)37(59-26(2)49)34(25)44(47,4)5/h7-21,31-33,35-38,40,51-52H,22-24H2,1-6H3,(H,48,54)/q-1/t31-,32-,33+,35-,36+,37+,38-,40-,45+,46-,47+/m0/s1. The highest BCUT2D eigenvalue weighted by Gasteiger charge is 2.76. The van der Waals surface area contributed by atoms with E-state index in [0.29, 0.717) is 5.56 Å². The molecule has 15 nitrogen and oxygen atoms in total. The molecule has 0 radical (unpaired) electrons. The van der Waals surface area contributed by atoms with Crippen LogP contribution in [-0.2, 0) is 42.9 Å². The zero-order valence-electron chi connectivity index (χ0n) is 35.2. The van der Waals surface area contributed by atoms with Gasteiger partial charge in [0, 0.05) is 25.8 Å². The molecule has 62 heavy (non-hydrogen) atoms. The summed E-state index contributed by atoms with van der Waals surface area (Å²) in [5.74, 6) is -7.05. The molecule has 11 atom stereocenters. The zero-order valence-corrected chi connectivity index (χ0v) is 35.2. The lowest BCUT2D eigenvalue weighted by Crippen LogP contribution is -2.83. The van der Waals surface area contributed by atoms with Crippen molar-refractivity contribution in [2.45, 2.75) is 108 Å². The van der Waals surface area contributed by atoms with Gasteiger partial charge in [-0.25, -0.2) is 9.59 Å². The summed E-state index contributed by atoms with van der Waals surface area (Å²) in [6.07, 6.45) is -10.9. The summed E-state index contributed by atoms with van der Waals surface area (Å²) in [4.78, 5) is 83.3. The topological polar surface area (TPSA) is 224 Å². The monoisotopic (exact) mass is 852 g/mol. The normalized spacial score (nSPS) is 31.9. The Morgan fingerprint density at radius 1 is 0.839 bits per heavy atom. The Bertz CT molecular complexity index is 2280. The smallest absolute Gasteiger partial charge is 0.338 e. The molecule has 4 aliphatic rings. The zero-order chi connectivity index (χ0) is 44.9. The summed E-state index contributed by atoms with van der Waals surface area (Å²) >= 11 is 0. The quantitative estimate of drug-likeness (QED) is 0.152. The fraction of sp³-hybridized carbons (Fsp3) is 0.447. The number of amides is 1. The molecule has 3 aromatic carbocycles. The molecule has 3 N–H and O–H groups in total. The lowest BCUT2D eigenvalue weighted by atomic mass is 9.44. The van der Waals surface area contributed by atoms with Crippen molar-refractivity contribution in [3.63, 3.8) is 0 Å². The minimum atomic E-state index is -2.64. The maximum absolute atomic E-state index is 16.7. The van der Waals surface area contributed by atoms with Crippen LogP contribution >= 0.6 is 0 Å². The van der Waals surface area contributed by atoms with Crippen molar-refractivity contribution in [1.29, 1.82) is 0 Å². The number of nitrogens with one attached hydrogen (secondary N) is 1.